The summed E-state index contributed by atoms with van der Waals surface area (Å²) in [5.74, 6) is -0.664. The average Bonchev–Trinajstić information content (AvgIpc) is 3.67. The molecule has 2 heterocycles. The van der Waals surface area contributed by atoms with Gasteiger partial charge < -0.3 is 39.8 Å². The first-order chi connectivity index (χ1) is 18.7. The summed E-state index contributed by atoms with van der Waals surface area (Å²) in [5.41, 5.74) is -0.489. The van der Waals surface area contributed by atoms with Crippen molar-refractivity contribution in [3.8, 4) is 0 Å². The van der Waals surface area contributed by atoms with Crippen LogP contribution in [0, 0.1) is 5.41 Å². The Morgan fingerprint density at radius 3 is 2.07 bits per heavy atom. The summed E-state index contributed by atoms with van der Waals surface area (Å²) >= 11 is 0. The van der Waals surface area contributed by atoms with Crippen LogP contribution in [0.1, 0.15) is 65.8 Å². The number of para-hydroxylation sites is 1. The smallest absolute Gasteiger partial charge is 0.419 e. The quantitative estimate of drug-likeness (QED) is 0.145. The van der Waals surface area contributed by atoms with E-state index in [1.54, 1.807) is 18.0 Å². The van der Waals surface area contributed by atoms with Gasteiger partial charge in [0.15, 0.2) is 6.23 Å². The van der Waals surface area contributed by atoms with Gasteiger partial charge in [0.2, 0.25) is 5.91 Å². The second-order valence-electron chi connectivity index (χ2n) is 12.3. The molecule has 1 amide bonds. The van der Waals surface area contributed by atoms with Crippen LogP contribution < -0.4 is 0 Å². The number of hydrogen-bond donors (Lipinski definition) is 0. The summed E-state index contributed by atoms with van der Waals surface area (Å²) < 4.78 is 12.9. The SMILES string of the molecule is CC(C)(C)OC(=O)n1cc(C[C@]2(C)C(=O)O[C@@H]([c-]3cccc3)N2C(=O)C(C)(C)C)c2ccccc21.[Fe].[cH-]1[cH-][cH-][cH-][cH-]1. The van der Waals surface area contributed by atoms with Crippen molar-refractivity contribution in [2.24, 2.45) is 5.41 Å². The third-order valence-electron chi connectivity index (χ3n) is 6.73. The first-order valence-corrected chi connectivity index (χ1v) is 13.5. The van der Waals surface area contributed by atoms with Gasteiger partial charge in [-0.3, -0.25) is 14.3 Å². The molecule has 0 saturated carbocycles. The van der Waals surface area contributed by atoms with Gasteiger partial charge in [-0.2, -0.15) is 12.1 Å². The third kappa shape index (κ3) is 6.83. The Bertz CT molecular complexity index is 1450. The molecular formula is C33H38FeN2O5-6. The van der Waals surface area contributed by atoms with Gasteiger partial charge >= 0.3 is 12.1 Å². The standard InChI is InChI=1S/C28H33N2O5.C5H5.Fe/c1-26(2,3)23(31)30-22(18-12-8-9-13-18)34-24(32)28(30,7)16-19-17-29(25(33)35-27(4,5)6)21-15-11-10-14-20(19)21;1-2-4-5-3-1;/h8-15,17,22H,16H2,1-7H3;1-5H;/q-1;-5;/t22-,28+;;/m0../s1. The number of benzene rings is 1. The molecule has 1 aromatic heterocycles. The molecule has 1 saturated heterocycles. The molecule has 41 heavy (non-hydrogen) atoms. The molecule has 0 unspecified atom stereocenters. The molecule has 0 N–H and O–H groups in total. The first kappa shape index (κ1) is 31.9. The molecule has 3 aromatic carbocycles. The fraction of sp³-hybridized carbons (Fsp3) is 0.364. The number of carbonyl (C=O) groups is 3. The zero-order valence-corrected chi connectivity index (χ0v) is 25.8. The molecule has 0 radical (unpaired) electrons. The maximum absolute atomic E-state index is 13.7. The molecule has 0 spiro atoms. The second-order valence-corrected chi connectivity index (χ2v) is 12.3. The molecular weight excluding hydrogens is 560 g/mol. The predicted molar refractivity (Wildman–Crippen MR) is 155 cm³/mol. The van der Waals surface area contributed by atoms with Crippen LogP contribution in [0.2, 0.25) is 0 Å². The number of hydrogen-bond acceptors (Lipinski definition) is 5. The minimum atomic E-state index is -1.27. The number of aromatic nitrogens is 1. The van der Waals surface area contributed by atoms with E-state index in [0.717, 1.165) is 16.5 Å². The van der Waals surface area contributed by atoms with Crippen molar-refractivity contribution in [3.05, 3.63) is 96.2 Å². The summed E-state index contributed by atoms with van der Waals surface area (Å²) in [6.07, 6.45) is 0.568. The summed E-state index contributed by atoms with van der Waals surface area (Å²) in [6.45, 7) is 12.7. The van der Waals surface area contributed by atoms with Crippen molar-refractivity contribution in [2.45, 2.75) is 72.3 Å². The maximum Gasteiger partial charge on any atom is 0.419 e. The van der Waals surface area contributed by atoms with Crippen LogP contribution in [-0.2, 0) is 42.6 Å². The Kier molecular flexibility index (Phi) is 9.41. The van der Waals surface area contributed by atoms with Crippen LogP contribution >= 0.6 is 0 Å². The Hall–Kier alpha value is -3.61. The Labute approximate surface area is 252 Å². The number of cyclic esters (lactones) is 1. The Morgan fingerprint density at radius 2 is 1.54 bits per heavy atom. The van der Waals surface area contributed by atoms with E-state index >= 15 is 0 Å². The van der Waals surface area contributed by atoms with Gasteiger partial charge in [0, 0.05) is 40.5 Å². The van der Waals surface area contributed by atoms with Crippen molar-refractivity contribution in [3.63, 3.8) is 0 Å². The van der Waals surface area contributed by atoms with Gasteiger partial charge in [0.05, 0.1) is 5.52 Å². The summed E-state index contributed by atoms with van der Waals surface area (Å²) in [5, 5.41) is 0.812. The molecule has 7 nitrogen and oxygen atoms in total. The summed E-state index contributed by atoms with van der Waals surface area (Å²) in [6, 6.07) is 24.9. The third-order valence-corrected chi connectivity index (χ3v) is 6.73. The molecule has 0 aliphatic carbocycles. The van der Waals surface area contributed by atoms with Crippen LogP contribution in [-0.4, -0.2) is 38.6 Å². The number of carbonyl (C=O) groups excluding carboxylic acids is 3. The zero-order chi connectivity index (χ0) is 29.3. The normalized spacial score (nSPS) is 18.8. The molecule has 5 rings (SSSR count). The van der Waals surface area contributed by atoms with Crippen molar-refractivity contribution in [2.75, 3.05) is 0 Å². The van der Waals surface area contributed by atoms with Crippen LogP contribution in [0.15, 0.2) is 85.1 Å². The molecule has 224 valence electrons. The number of esters is 1. The molecule has 1 aliphatic heterocycles. The van der Waals surface area contributed by atoms with Crippen molar-refractivity contribution >= 4 is 28.9 Å². The number of fused-ring (bicyclic) bond motifs is 1. The fourth-order valence-electron chi connectivity index (χ4n) is 4.80. The largest absolute Gasteiger partial charge is 0.748 e. The van der Waals surface area contributed by atoms with E-state index in [9.17, 15) is 14.4 Å². The van der Waals surface area contributed by atoms with Gasteiger partial charge in [-0.1, -0.05) is 44.5 Å². The molecule has 1 aliphatic rings. The van der Waals surface area contributed by atoms with E-state index in [1.165, 1.54) is 4.57 Å². The first-order valence-electron chi connectivity index (χ1n) is 13.5. The number of amides is 1. The van der Waals surface area contributed by atoms with E-state index < -0.39 is 34.8 Å². The predicted octanol–water partition coefficient (Wildman–Crippen LogP) is 6.98. The van der Waals surface area contributed by atoms with Crippen LogP contribution in [0.5, 0.6) is 0 Å². The van der Waals surface area contributed by atoms with Gasteiger partial charge in [-0.15, -0.1) is 0 Å². The number of ether oxygens (including phenoxy) is 2. The topological polar surface area (TPSA) is 77.8 Å². The van der Waals surface area contributed by atoms with Crippen LogP contribution in [0.3, 0.4) is 0 Å². The summed E-state index contributed by atoms with van der Waals surface area (Å²) in [7, 11) is 0. The van der Waals surface area contributed by atoms with E-state index in [1.807, 2.05) is 120 Å². The van der Waals surface area contributed by atoms with Gasteiger partial charge in [0.1, 0.15) is 11.1 Å². The maximum atomic E-state index is 13.7. The van der Waals surface area contributed by atoms with Crippen LogP contribution in [0.25, 0.3) is 10.9 Å². The molecule has 4 aromatic rings. The molecule has 1 fully saturated rings. The van der Waals surface area contributed by atoms with Crippen molar-refractivity contribution < 1.29 is 40.9 Å². The molecule has 8 heteroatoms. The van der Waals surface area contributed by atoms with E-state index in [4.69, 9.17) is 9.47 Å². The van der Waals surface area contributed by atoms with E-state index in [2.05, 4.69) is 0 Å². The van der Waals surface area contributed by atoms with Gasteiger partial charge in [0.25, 0.3) is 0 Å². The second kappa shape index (κ2) is 12.1. The van der Waals surface area contributed by atoms with Crippen molar-refractivity contribution in [1.29, 1.82) is 0 Å². The molecule has 0 bridgehead atoms. The van der Waals surface area contributed by atoms with Crippen molar-refractivity contribution in [1.82, 2.24) is 9.47 Å². The summed E-state index contributed by atoms with van der Waals surface area (Å²) in [4.78, 5) is 41.6. The van der Waals surface area contributed by atoms with E-state index in [0.29, 0.717) is 5.52 Å². The monoisotopic (exact) mass is 598 g/mol. The van der Waals surface area contributed by atoms with Gasteiger partial charge in [-0.05, 0) is 39.3 Å². The number of rotatable bonds is 3. The average molecular weight is 599 g/mol. The van der Waals surface area contributed by atoms with Crippen LogP contribution in [0.4, 0.5) is 4.79 Å². The zero-order valence-electron chi connectivity index (χ0n) is 24.7. The Balaban J connectivity index is 0.000000696. The van der Waals surface area contributed by atoms with Gasteiger partial charge in [-0.25, -0.2) is 21.7 Å². The minimum absolute atomic E-state index is 0. The van der Waals surface area contributed by atoms with E-state index in [-0.39, 0.29) is 29.4 Å². The number of nitrogens with zero attached hydrogens (tertiary/aromatic N) is 2. The fourth-order valence-corrected chi connectivity index (χ4v) is 4.80. The molecule has 2 atom stereocenters. The Morgan fingerprint density at radius 1 is 0.976 bits per heavy atom. The minimum Gasteiger partial charge on any atom is -0.748 e.